The molecule has 76 valence electrons. The first-order valence-corrected chi connectivity index (χ1v) is 5.24. The summed E-state index contributed by atoms with van der Waals surface area (Å²) in [6.07, 6.45) is 0. The van der Waals surface area contributed by atoms with E-state index in [1.807, 2.05) is 0 Å². The van der Waals surface area contributed by atoms with Gasteiger partial charge in [0.1, 0.15) is 5.82 Å². The maximum atomic E-state index is 13.0. The molecule has 0 atom stereocenters. The summed E-state index contributed by atoms with van der Waals surface area (Å²) in [5.41, 5.74) is 0.862. The molecule has 1 nitrogen and oxygen atoms in total. The maximum absolute atomic E-state index is 13.0. The van der Waals surface area contributed by atoms with Crippen LogP contribution in [0.4, 0.5) is 4.39 Å². The second kappa shape index (κ2) is 5.49. The minimum absolute atomic E-state index is 0.152. The van der Waals surface area contributed by atoms with Crippen molar-refractivity contribution in [3.05, 3.63) is 45.7 Å². The van der Waals surface area contributed by atoms with Crippen LogP contribution >= 0.6 is 27.5 Å². The van der Waals surface area contributed by atoms with Crippen molar-refractivity contribution in [3.8, 4) is 0 Å². The highest BCUT2D eigenvalue weighted by Gasteiger charge is 2.00. The van der Waals surface area contributed by atoms with Crippen LogP contribution in [0.1, 0.15) is 5.56 Å². The lowest BCUT2D eigenvalue weighted by atomic mass is 10.2. The number of benzene rings is 1. The molecule has 0 aliphatic carbocycles. The fraction of sp³-hybridized carbons (Fsp3) is 0.200. The summed E-state index contributed by atoms with van der Waals surface area (Å²) in [7, 11) is 0. The van der Waals surface area contributed by atoms with Gasteiger partial charge in [-0.2, -0.15) is 0 Å². The van der Waals surface area contributed by atoms with Gasteiger partial charge in [0.05, 0.1) is 5.02 Å². The second-order valence-corrected chi connectivity index (χ2v) is 4.40. The van der Waals surface area contributed by atoms with Gasteiger partial charge in [0.15, 0.2) is 0 Å². The minimum Gasteiger partial charge on any atom is -0.308 e. The van der Waals surface area contributed by atoms with Crippen LogP contribution in [0.5, 0.6) is 0 Å². The average Bonchev–Trinajstić information content (AvgIpc) is 2.10. The Bertz CT molecular complexity index is 341. The standard InChI is InChI=1S/C10H10BrClFN/c1-7(11)5-14-6-8-2-3-9(12)10(13)4-8/h2-4,14H,1,5-6H2. The third-order valence-corrected chi connectivity index (χ3v) is 2.22. The smallest absolute Gasteiger partial charge is 0.142 e. The van der Waals surface area contributed by atoms with Gasteiger partial charge in [-0.3, -0.25) is 0 Å². The molecule has 0 saturated heterocycles. The van der Waals surface area contributed by atoms with E-state index in [1.54, 1.807) is 12.1 Å². The Kier molecular flexibility index (Phi) is 4.58. The largest absolute Gasteiger partial charge is 0.308 e. The van der Waals surface area contributed by atoms with Gasteiger partial charge in [0.25, 0.3) is 0 Å². The summed E-state index contributed by atoms with van der Waals surface area (Å²) < 4.78 is 13.8. The zero-order chi connectivity index (χ0) is 10.6. The van der Waals surface area contributed by atoms with E-state index >= 15 is 0 Å². The van der Waals surface area contributed by atoms with E-state index in [4.69, 9.17) is 11.6 Å². The molecule has 0 unspecified atom stereocenters. The molecule has 1 aromatic rings. The van der Waals surface area contributed by atoms with Crippen LogP contribution in [0, 0.1) is 5.82 Å². The monoisotopic (exact) mass is 277 g/mol. The topological polar surface area (TPSA) is 12.0 Å². The van der Waals surface area contributed by atoms with E-state index in [-0.39, 0.29) is 10.8 Å². The van der Waals surface area contributed by atoms with Crippen LogP contribution in [0.2, 0.25) is 5.02 Å². The molecule has 1 aromatic carbocycles. The minimum atomic E-state index is -0.386. The van der Waals surface area contributed by atoms with Crippen LogP contribution in [-0.4, -0.2) is 6.54 Å². The van der Waals surface area contributed by atoms with Crippen LogP contribution in [0.3, 0.4) is 0 Å². The van der Waals surface area contributed by atoms with Gasteiger partial charge in [0.2, 0.25) is 0 Å². The molecular formula is C10H10BrClFN. The van der Waals surface area contributed by atoms with E-state index in [9.17, 15) is 4.39 Å². The molecule has 4 heteroatoms. The lowest BCUT2D eigenvalue weighted by Gasteiger charge is -2.04. The van der Waals surface area contributed by atoms with Gasteiger partial charge in [-0.25, -0.2) is 4.39 Å². The number of halogens is 3. The Morgan fingerprint density at radius 3 is 2.86 bits per heavy atom. The van der Waals surface area contributed by atoms with E-state index in [0.29, 0.717) is 13.1 Å². The van der Waals surface area contributed by atoms with Crippen molar-refractivity contribution < 1.29 is 4.39 Å². The summed E-state index contributed by atoms with van der Waals surface area (Å²) >= 11 is 8.77. The summed E-state index contributed by atoms with van der Waals surface area (Å²) in [4.78, 5) is 0. The highest BCUT2D eigenvalue weighted by molar-refractivity contribution is 9.11. The van der Waals surface area contributed by atoms with Gasteiger partial charge in [0, 0.05) is 17.6 Å². The Morgan fingerprint density at radius 2 is 2.29 bits per heavy atom. The van der Waals surface area contributed by atoms with Crippen molar-refractivity contribution in [2.24, 2.45) is 0 Å². The normalized spacial score (nSPS) is 10.2. The van der Waals surface area contributed by atoms with Crippen molar-refractivity contribution in [3.63, 3.8) is 0 Å². The predicted octanol–water partition coefficient (Wildman–Crippen LogP) is 3.48. The maximum Gasteiger partial charge on any atom is 0.142 e. The summed E-state index contributed by atoms with van der Waals surface area (Å²) in [5.74, 6) is -0.386. The number of hydrogen-bond acceptors (Lipinski definition) is 1. The van der Waals surface area contributed by atoms with Gasteiger partial charge in [-0.1, -0.05) is 40.2 Å². The Labute approximate surface area is 96.1 Å². The van der Waals surface area contributed by atoms with Crippen LogP contribution in [-0.2, 0) is 6.54 Å². The van der Waals surface area contributed by atoms with Crippen molar-refractivity contribution in [1.82, 2.24) is 5.32 Å². The molecule has 1 N–H and O–H groups in total. The molecule has 0 bridgehead atoms. The highest BCUT2D eigenvalue weighted by Crippen LogP contribution is 2.15. The van der Waals surface area contributed by atoms with E-state index in [1.165, 1.54) is 6.07 Å². The molecule has 14 heavy (non-hydrogen) atoms. The molecule has 0 radical (unpaired) electrons. The number of nitrogens with one attached hydrogen (secondary N) is 1. The molecule has 0 heterocycles. The third-order valence-electron chi connectivity index (χ3n) is 1.63. The molecule has 0 spiro atoms. The predicted molar refractivity (Wildman–Crippen MR) is 61.2 cm³/mol. The summed E-state index contributed by atoms with van der Waals surface area (Å²) in [6.45, 7) is 4.93. The van der Waals surface area contributed by atoms with Crippen molar-refractivity contribution in [1.29, 1.82) is 0 Å². The zero-order valence-corrected chi connectivity index (χ0v) is 9.83. The summed E-state index contributed by atoms with van der Waals surface area (Å²) in [5, 5.41) is 3.24. The molecule has 0 aliphatic rings. The lowest BCUT2D eigenvalue weighted by Crippen LogP contribution is -2.14. The summed E-state index contributed by atoms with van der Waals surface area (Å²) in [6, 6.07) is 4.76. The Hall–Kier alpha value is -0.380. The van der Waals surface area contributed by atoms with Gasteiger partial charge in [-0.15, -0.1) is 0 Å². The quantitative estimate of drug-likeness (QED) is 0.889. The van der Waals surface area contributed by atoms with Gasteiger partial charge in [-0.05, 0) is 17.7 Å². The molecular weight excluding hydrogens is 268 g/mol. The van der Waals surface area contributed by atoms with E-state index < -0.39 is 0 Å². The molecule has 0 amide bonds. The lowest BCUT2D eigenvalue weighted by molar-refractivity contribution is 0.623. The number of hydrogen-bond donors (Lipinski definition) is 1. The highest BCUT2D eigenvalue weighted by atomic mass is 79.9. The number of rotatable bonds is 4. The molecule has 0 aromatic heterocycles. The third kappa shape index (κ3) is 3.78. The Morgan fingerprint density at radius 1 is 1.57 bits per heavy atom. The van der Waals surface area contributed by atoms with Crippen LogP contribution in [0.25, 0.3) is 0 Å². The first-order chi connectivity index (χ1) is 6.59. The van der Waals surface area contributed by atoms with Crippen molar-refractivity contribution in [2.75, 3.05) is 6.54 Å². The fourth-order valence-corrected chi connectivity index (χ4v) is 1.31. The van der Waals surface area contributed by atoms with E-state index in [0.717, 1.165) is 10.0 Å². The van der Waals surface area contributed by atoms with Crippen LogP contribution in [0.15, 0.2) is 29.3 Å². The van der Waals surface area contributed by atoms with Gasteiger partial charge < -0.3 is 5.32 Å². The molecule has 0 aliphatic heterocycles. The zero-order valence-electron chi connectivity index (χ0n) is 7.49. The average molecular weight is 279 g/mol. The SMILES string of the molecule is C=C(Br)CNCc1ccc(Cl)c(F)c1. The van der Waals surface area contributed by atoms with Crippen LogP contribution < -0.4 is 5.32 Å². The Balaban J connectivity index is 2.51. The first kappa shape index (κ1) is 11.7. The van der Waals surface area contributed by atoms with Crippen molar-refractivity contribution >= 4 is 27.5 Å². The second-order valence-electron chi connectivity index (χ2n) is 2.87. The van der Waals surface area contributed by atoms with Gasteiger partial charge >= 0.3 is 0 Å². The van der Waals surface area contributed by atoms with E-state index in [2.05, 4.69) is 27.8 Å². The molecule has 1 rings (SSSR count). The molecule has 0 fully saturated rings. The first-order valence-electron chi connectivity index (χ1n) is 4.07. The molecule has 0 saturated carbocycles. The van der Waals surface area contributed by atoms with Crippen molar-refractivity contribution in [2.45, 2.75) is 6.54 Å². The fourth-order valence-electron chi connectivity index (χ4n) is 0.992.